The number of benzene rings is 1. The van der Waals surface area contributed by atoms with Crippen LogP contribution in [0.25, 0.3) is 22.6 Å². The lowest BCUT2D eigenvalue weighted by Gasteiger charge is -2.08. The van der Waals surface area contributed by atoms with E-state index in [2.05, 4.69) is 32.2 Å². The lowest BCUT2D eigenvalue weighted by Crippen LogP contribution is -2.03. The first-order chi connectivity index (χ1) is 14.5. The monoisotopic (exact) mass is 401 g/mol. The van der Waals surface area contributed by atoms with Gasteiger partial charge in [-0.25, -0.2) is 14.6 Å². The van der Waals surface area contributed by atoms with Gasteiger partial charge in [0.25, 0.3) is 0 Å². The molecule has 0 spiro atoms. The topological polar surface area (TPSA) is 105 Å². The van der Waals surface area contributed by atoms with E-state index in [1.165, 1.54) is 0 Å². The van der Waals surface area contributed by atoms with E-state index in [-0.39, 0.29) is 5.95 Å². The maximum Gasteiger partial charge on any atom is 0.221 e. The Morgan fingerprint density at radius 3 is 2.57 bits per heavy atom. The molecular weight excluding hydrogens is 378 g/mol. The Kier molecular flexibility index (Phi) is 5.38. The normalized spacial score (nSPS) is 10.9. The molecule has 0 bridgehead atoms. The van der Waals surface area contributed by atoms with E-state index in [9.17, 15) is 0 Å². The van der Waals surface area contributed by atoms with Crippen molar-refractivity contribution in [2.75, 3.05) is 12.8 Å². The molecule has 0 aliphatic heterocycles. The largest absolute Gasteiger partial charge is 0.497 e. The van der Waals surface area contributed by atoms with Crippen LogP contribution < -0.4 is 10.5 Å². The Balaban J connectivity index is 1.64. The van der Waals surface area contributed by atoms with Crippen LogP contribution in [-0.2, 0) is 13.0 Å². The van der Waals surface area contributed by atoms with Crippen LogP contribution in [0.15, 0.2) is 48.7 Å². The van der Waals surface area contributed by atoms with Crippen molar-refractivity contribution in [3.63, 3.8) is 0 Å². The number of aromatic nitrogens is 6. The summed E-state index contributed by atoms with van der Waals surface area (Å²) in [7, 11) is 1.64. The molecule has 0 radical (unpaired) electrons. The van der Waals surface area contributed by atoms with Crippen molar-refractivity contribution in [2.45, 2.75) is 26.8 Å². The van der Waals surface area contributed by atoms with Gasteiger partial charge in [-0.15, -0.1) is 5.10 Å². The lowest BCUT2D eigenvalue weighted by atomic mass is 10.1. The van der Waals surface area contributed by atoms with Crippen molar-refractivity contribution >= 4 is 5.95 Å². The van der Waals surface area contributed by atoms with Gasteiger partial charge in [0.1, 0.15) is 11.4 Å². The van der Waals surface area contributed by atoms with E-state index < -0.39 is 0 Å². The van der Waals surface area contributed by atoms with Gasteiger partial charge in [-0.05, 0) is 55.3 Å². The molecule has 2 N–H and O–H groups in total. The fourth-order valence-electron chi connectivity index (χ4n) is 3.23. The molecule has 3 heterocycles. The molecule has 152 valence electrons. The second-order valence-corrected chi connectivity index (χ2v) is 7.01. The summed E-state index contributed by atoms with van der Waals surface area (Å²) in [5, 5.41) is 8.49. The third-order valence-electron chi connectivity index (χ3n) is 4.68. The second kappa shape index (κ2) is 8.28. The van der Waals surface area contributed by atoms with Crippen molar-refractivity contribution in [2.24, 2.45) is 0 Å². The van der Waals surface area contributed by atoms with Crippen molar-refractivity contribution in [1.29, 1.82) is 0 Å². The summed E-state index contributed by atoms with van der Waals surface area (Å²) in [4.78, 5) is 13.3. The van der Waals surface area contributed by atoms with Crippen LogP contribution >= 0.6 is 0 Å². The molecule has 30 heavy (non-hydrogen) atoms. The van der Waals surface area contributed by atoms with Crippen LogP contribution in [-0.4, -0.2) is 37.1 Å². The molecule has 1 aromatic carbocycles. The Morgan fingerprint density at radius 2 is 1.77 bits per heavy atom. The maximum atomic E-state index is 5.99. The maximum absolute atomic E-state index is 5.99. The summed E-state index contributed by atoms with van der Waals surface area (Å²) in [6.45, 7) is 4.62. The van der Waals surface area contributed by atoms with Gasteiger partial charge in [-0.2, -0.15) is 0 Å². The summed E-state index contributed by atoms with van der Waals surface area (Å²) in [5.74, 6) is 0.936. The van der Waals surface area contributed by atoms with Gasteiger partial charge in [-0.3, -0.25) is 4.98 Å². The van der Waals surface area contributed by atoms with Gasteiger partial charge >= 0.3 is 0 Å². The number of anilines is 1. The van der Waals surface area contributed by atoms with Gasteiger partial charge in [0.15, 0.2) is 0 Å². The minimum atomic E-state index is 0.176. The minimum absolute atomic E-state index is 0.176. The molecule has 0 aliphatic rings. The van der Waals surface area contributed by atoms with E-state index in [1.54, 1.807) is 11.8 Å². The molecule has 0 saturated heterocycles. The highest BCUT2D eigenvalue weighted by atomic mass is 16.5. The molecule has 0 fully saturated rings. The zero-order chi connectivity index (χ0) is 21.1. The van der Waals surface area contributed by atoms with Gasteiger partial charge in [0.05, 0.1) is 36.9 Å². The molecule has 4 rings (SSSR count). The third-order valence-corrected chi connectivity index (χ3v) is 4.68. The summed E-state index contributed by atoms with van der Waals surface area (Å²) in [6.07, 6.45) is 2.73. The van der Waals surface area contributed by atoms with Crippen LogP contribution in [0.1, 0.15) is 23.9 Å². The smallest absolute Gasteiger partial charge is 0.221 e. The van der Waals surface area contributed by atoms with E-state index in [1.807, 2.05) is 55.6 Å². The molecule has 0 atom stereocenters. The highest BCUT2D eigenvalue weighted by Crippen LogP contribution is 2.27. The standard InChI is InChI=1S/C22H23N7O/c1-4-16-6-5-7-17(24-16)12-29-13-21(27-28-29)20-11-19(25-22(23)26-20)15-8-14(2)9-18(10-15)30-3/h5-11,13H,4,12H2,1-3H3,(H2,23,25,26). The van der Waals surface area contributed by atoms with Crippen molar-refractivity contribution in [3.05, 3.63) is 65.6 Å². The van der Waals surface area contributed by atoms with Crippen LogP contribution in [0.5, 0.6) is 5.75 Å². The van der Waals surface area contributed by atoms with Crippen LogP contribution in [0.2, 0.25) is 0 Å². The fourth-order valence-corrected chi connectivity index (χ4v) is 3.23. The Labute approximate surface area is 174 Å². The summed E-state index contributed by atoms with van der Waals surface area (Å²) in [6, 6.07) is 13.8. The molecule has 8 nitrogen and oxygen atoms in total. The lowest BCUT2D eigenvalue weighted by molar-refractivity contribution is 0.414. The zero-order valence-corrected chi connectivity index (χ0v) is 17.2. The average molecular weight is 401 g/mol. The van der Waals surface area contributed by atoms with E-state index in [0.717, 1.165) is 34.7 Å². The van der Waals surface area contributed by atoms with Crippen molar-refractivity contribution in [3.8, 4) is 28.4 Å². The number of hydrogen-bond acceptors (Lipinski definition) is 7. The molecule has 0 saturated carbocycles. The molecule has 8 heteroatoms. The first kappa shape index (κ1) is 19.5. The van der Waals surface area contributed by atoms with Crippen LogP contribution in [0, 0.1) is 6.92 Å². The predicted octanol–water partition coefficient (Wildman–Crippen LogP) is 3.31. The number of ether oxygens (including phenoxy) is 1. The Hall–Kier alpha value is -3.81. The summed E-state index contributed by atoms with van der Waals surface area (Å²) < 4.78 is 7.11. The number of methoxy groups -OCH3 is 1. The number of aryl methyl sites for hydroxylation is 2. The van der Waals surface area contributed by atoms with Gasteiger partial charge in [0.2, 0.25) is 5.95 Å². The molecule has 3 aromatic heterocycles. The molecule has 0 amide bonds. The van der Waals surface area contributed by atoms with Gasteiger partial charge < -0.3 is 10.5 Å². The van der Waals surface area contributed by atoms with Gasteiger partial charge in [0, 0.05) is 11.3 Å². The number of pyridine rings is 1. The second-order valence-electron chi connectivity index (χ2n) is 7.01. The first-order valence-corrected chi connectivity index (χ1v) is 9.70. The number of nitrogens with zero attached hydrogens (tertiary/aromatic N) is 6. The van der Waals surface area contributed by atoms with E-state index in [4.69, 9.17) is 10.5 Å². The highest BCUT2D eigenvalue weighted by Gasteiger charge is 2.12. The molecule has 0 aliphatic carbocycles. The van der Waals surface area contributed by atoms with Crippen LogP contribution in [0.3, 0.4) is 0 Å². The Morgan fingerprint density at radius 1 is 0.967 bits per heavy atom. The number of nitrogen functional groups attached to an aromatic ring is 1. The van der Waals surface area contributed by atoms with E-state index in [0.29, 0.717) is 23.6 Å². The van der Waals surface area contributed by atoms with Crippen LogP contribution in [0.4, 0.5) is 5.95 Å². The SMILES string of the molecule is CCc1cccc(Cn2cc(-c3cc(-c4cc(C)cc(OC)c4)nc(N)n3)nn2)n1. The Bertz CT molecular complexity index is 1190. The molecular formula is C22H23N7O. The average Bonchev–Trinajstić information content (AvgIpc) is 3.21. The highest BCUT2D eigenvalue weighted by molar-refractivity contribution is 5.68. The predicted molar refractivity (Wildman–Crippen MR) is 115 cm³/mol. The fraction of sp³-hybridized carbons (Fsp3) is 0.227. The van der Waals surface area contributed by atoms with Crippen molar-refractivity contribution in [1.82, 2.24) is 29.9 Å². The van der Waals surface area contributed by atoms with Crippen molar-refractivity contribution < 1.29 is 4.74 Å². The number of nitrogens with two attached hydrogens (primary N) is 1. The summed E-state index contributed by atoms with van der Waals surface area (Å²) in [5.41, 5.74) is 11.9. The first-order valence-electron chi connectivity index (χ1n) is 9.70. The molecule has 4 aromatic rings. The summed E-state index contributed by atoms with van der Waals surface area (Å²) >= 11 is 0. The quantitative estimate of drug-likeness (QED) is 0.528. The van der Waals surface area contributed by atoms with Gasteiger partial charge in [-0.1, -0.05) is 18.2 Å². The van der Waals surface area contributed by atoms with E-state index >= 15 is 0 Å². The molecule has 0 unspecified atom stereocenters. The zero-order valence-electron chi connectivity index (χ0n) is 17.2. The third kappa shape index (κ3) is 4.27. The number of rotatable bonds is 6. The number of hydrogen-bond donors (Lipinski definition) is 1. The minimum Gasteiger partial charge on any atom is -0.497 e.